The molecule has 0 saturated heterocycles. The number of nitrogens with one attached hydrogen (secondary N) is 2. The predicted octanol–water partition coefficient (Wildman–Crippen LogP) is 2.02. The Morgan fingerprint density at radius 2 is 1.95 bits per heavy atom. The number of hydrogen-bond acceptors (Lipinski definition) is 4. The van der Waals surface area contributed by atoms with Gasteiger partial charge >= 0.3 is 0 Å². The Bertz CT molecular complexity index is 705. The number of methoxy groups -OCH3 is 2. The molecule has 0 bridgehead atoms. The van der Waals surface area contributed by atoms with Crippen molar-refractivity contribution >= 4 is 29.2 Å². The van der Waals surface area contributed by atoms with Crippen LogP contribution in [0.1, 0.15) is 13.0 Å². The summed E-state index contributed by atoms with van der Waals surface area (Å²) in [6.45, 7) is 1.79. The van der Waals surface area contributed by atoms with E-state index >= 15 is 0 Å². The molecule has 6 nitrogen and oxygen atoms in total. The average Bonchev–Trinajstić information content (AvgIpc) is 2.78. The molecule has 0 aliphatic heterocycles. The summed E-state index contributed by atoms with van der Waals surface area (Å²) in [6, 6.07) is 3.19. The van der Waals surface area contributed by atoms with E-state index in [1.54, 1.807) is 44.9 Å². The number of aromatic amines is 1. The van der Waals surface area contributed by atoms with Crippen molar-refractivity contribution in [2.24, 2.45) is 0 Å². The molecule has 1 aromatic heterocycles. The van der Waals surface area contributed by atoms with Crippen LogP contribution in [-0.4, -0.2) is 36.7 Å². The third-order valence-corrected chi connectivity index (χ3v) is 3.53. The minimum Gasteiger partial charge on any atom is -0.493 e. The van der Waals surface area contributed by atoms with Gasteiger partial charge in [0.25, 0.3) is 0 Å². The van der Waals surface area contributed by atoms with E-state index in [4.69, 9.17) is 21.7 Å². The lowest BCUT2D eigenvalue weighted by molar-refractivity contribution is -0.123. The fourth-order valence-corrected chi connectivity index (χ4v) is 2.53. The maximum Gasteiger partial charge on any atom is 0.242 e. The Morgan fingerprint density at radius 1 is 1.35 bits per heavy atom. The van der Waals surface area contributed by atoms with Gasteiger partial charge in [-0.25, -0.2) is 0 Å². The van der Waals surface area contributed by atoms with Crippen molar-refractivity contribution in [3.05, 3.63) is 16.9 Å². The zero-order valence-electron chi connectivity index (χ0n) is 11.8. The van der Waals surface area contributed by atoms with Crippen LogP contribution in [0.15, 0.2) is 12.1 Å². The highest BCUT2D eigenvalue weighted by molar-refractivity contribution is 7.71. The maximum atomic E-state index is 11.8. The normalized spacial score (nSPS) is 12.2. The molecule has 0 saturated carbocycles. The summed E-state index contributed by atoms with van der Waals surface area (Å²) in [6.07, 6.45) is 0. The molecule has 7 heteroatoms. The molecule has 2 N–H and O–H groups in total. The first-order valence-corrected chi connectivity index (χ1v) is 6.52. The number of likely N-dealkylation sites (N-methyl/N-ethyl adjacent to an activating group) is 1. The highest BCUT2D eigenvalue weighted by atomic mass is 32.1. The van der Waals surface area contributed by atoms with E-state index in [1.807, 2.05) is 0 Å². The van der Waals surface area contributed by atoms with Gasteiger partial charge < -0.3 is 24.3 Å². The molecule has 1 atom stereocenters. The van der Waals surface area contributed by atoms with E-state index in [0.29, 0.717) is 16.3 Å². The smallest absolute Gasteiger partial charge is 0.242 e. The Hall–Kier alpha value is -2.02. The van der Waals surface area contributed by atoms with Gasteiger partial charge in [0.1, 0.15) is 6.04 Å². The van der Waals surface area contributed by atoms with Gasteiger partial charge in [-0.2, -0.15) is 0 Å². The van der Waals surface area contributed by atoms with E-state index in [9.17, 15) is 4.79 Å². The van der Waals surface area contributed by atoms with Crippen LogP contribution in [0.4, 0.5) is 0 Å². The number of amides is 1. The zero-order valence-corrected chi connectivity index (χ0v) is 12.6. The molecule has 0 radical (unpaired) electrons. The lowest BCUT2D eigenvalue weighted by Crippen LogP contribution is -2.27. The van der Waals surface area contributed by atoms with Gasteiger partial charge in [0.2, 0.25) is 5.91 Å². The number of H-pyrrole nitrogens is 1. The second-order valence-corrected chi connectivity index (χ2v) is 4.70. The van der Waals surface area contributed by atoms with E-state index in [0.717, 1.165) is 11.0 Å². The number of hydrogen-bond donors (Lipinski definition) is 2. The molecule has 2 rings (SSSR count). The zero-order chi connectivity index (χ0) is 14.9. The molecule has 1 aromatic carbocycles. The Kier molecular flexibility index (Phi) is 3.99. The minimum absolute atomic E-state index is 0.114. The Labute approximate surface area is 121 Å². The first kappa shape index (κ1) is 14.4. The van der Waals surface area contributed by atoms with Crippen LogP contribution in [0.2, 0.25) is 0 Å². The van der Waals surface area contributed by atoms with E-state index < -0.39 is 6.04 Å². The van der Waals surface area contributed by atoms with Gasteiger partial charge in [-0.05, 0) is 19.1 Å². The molecule has 20 heavy (non-hydrogen) atoms. The SMILES string of the molecule is CNC(=O)C(C)n1c(=S)[nH]c2cc(OC)c(OC)cc21. The summed E-state index contributed by atoms with van der Waals surface area (Å²) < 4.78 is 12.8. The van der Waals surface area contributed by atoms with Crippen molar-refractivity contribution in [1.29, 1.82) is 0 Å². The van der Waals surface area contributed by atoms with Crippen molar-refractivity contribution in [1.82, 2.24) is 14.9 Å². The fraction of sp³-hybridized carbons (Fsp3) is 0.385. The van der Waals surface area contributed by atoms with Crippen LogP contribution in [0.5, 0.6) is 11.5 Å². The van der Waals surface area contributed by atoms with Crippen LogP contribution < -0.4 is 14.8 Å². The van der Waals surface area contributed by atoms with Crippen LogP contribution in [0.25, 0.3) is 11.0 Å². The lowest BCUT2D eigenvalue weighted by atomic mass is 10.2. The molecule has 0 fully saturated rings. The summed E-state index contributed by atoms with van der Waals surface area (Å²) in [5.41, 5.74) is 1.59. The van der Waals surface area contributed by atoms with E-state index in [-0.39, 0.29) is 5.91 Å². The number of aromatic nitrogens is 2. The molecule has 0 aliphatic carbocycles. The number of imidazole rings is 1. The van der Waals surface area contributed by atoms with Crippen molar-refractivity contribution in [3.63, 3.8) is 0 Å². The monoisotopic (exact) mass is 295 g/mol. The Balaban J connectivity index is 2.70. The second-order valence-electron chi connectivity index (χ2n) is 4.31. The standard InChI is InChI=1S/C13H17N3O3S/c1-7(12(17)14-2)16-9-6-11(19-4)10(18-3)5-8(9)15-13(16)20/h5-7H,1-4H3,(H,14,17)(H,15,20). The maximum absolute atomic E-state index is 11.8. The molecule has 1 unspecified atom stereocenters. The molecule has 1 amide bonds. The number of nitrogens with zero attached hydrogens (tertiary/aromatic N) is 1. The quantitative estimate of drug-likeness (QED) is 0.847. The molecule has 0 aliphatic rings. The van der Waals surface area contributed by atoms with Gasteiger partial charge in [-0.3, -0.25) is 4.79 Å². The topological polar surface area (TPSA) is 68.3 Å². The number of ether oxygens (including phenoxy) is 2. The largest absolute Gasteiger partial charge is 0.493 e. The summed E-state index contributed by atoms with van der Waals surface area (Å²) in [5, 5.41) is 2.62. The minimum atomic E-state index is -0.417. The molecule has 1 heterocycles. The van der Waals surface area contributed by atoms with Gasteiger partial charge in [0, 0.05) is 19.2 Å². The molecular formula is C13H17N3O3S. The van der Waals surface area contributed by atoms with Gasteiger partial charge in [0.05, 0.1) is 25.3 Å². The highest BCUT2D eigenvalue weighted by Gasteiger charge is 2.19. The fourth-order valence-electron chi connectivity index (χ4n) is 2.16. The number of carbonyl (C=O) groups excluding carboxylic acids is 1. The second kappa shape index (κ2) is 5.54. The molecule has 2 aromatic rings. The third-order valence-electron chi connectivity index (χ3n) is 3.23. The van der Waals surface area contributed by atoms with Crippen LogP contribution in [0, 0.1) is 4.77 Å². The first-order chi connectivity index (χ1) is 9.53. The highest BCUT2D eigenvalue weighted by Crippen LogP contribution is 2.32. The lowest BCUT2D eigenvalue weighted by Gasteiger charge is -2.14. The van der Waals surface area contributed by atoms with Crippen molar-refractivity contribution in [3.8, 4) is 11.5 Å². The summed E-state index contributed by atoms with van der Waals surface area (Å²) in [4.78, 5) is 14.9. The Morgan fingerprint density at radius 3 is 2.50 bits per heavy atom. The van der Waals surface area contributed by atoms with Crippen LogP contribution in [-0.2, 0) is 4.79 Å². The average molecular weight is 295 g/mol. The van der Waals surface area contributed by atoms with Crippen molar-refractivity contribution < 1.29 is 14.3 Å². The summed E-state index contributed by atoms with van der Waals surface area (Å²) in [7, 11) is 4.74. The predicted molar refractivity (Wildman–Crippen MR) is 79.0 cm³/mol. The summed E-state index contributed by atoms with van der Waals surface area (Å²) >= 11 is 5.30. The van der Waals surface area contributed by atoms with Gasteiger partial charge in [-0.1, -0.05) is 0 Å². The van der Waals surface area contributed by atoms with Crippen molar-refractivity contribution in [2.45, 2.75) is 13.0 Å². The van der Waals surface area contributed by atoms with E-state index in [2.05, 4.69) is 10.3 Å². The van der Waals surface area contributed by atoms with Crippen LogP contribution >= 0.6 is 12.2 Å². The van der Waals surface area contributed by atoms with E-state index in [1.165, 1.54) is 0 Å². The third kappa shape index (κ3) is 2.24. The molecule has 108 valence electrons. The van der Waals surface area contributed by atoms with Gasteiger partial charge in [0.15, 0.2) is 16.3 Å². The van der Waals surface area contributed by atoms with Crippen molar-refractivity contribution in [2.75, 3.05) is 21.3 Å². The van der Waals surface area contributed by atoms with Crippen LogP contribution in [0.3, 0.4) is 0 Å². The first-order valence-electron chi connectivity index (χ1n) is 6.11. The van der Waals surface area contributed by atoms with Gasteiger partial charge in [-0.15, -0.1) is 0 Å². The number of rotatable bonds is 4. The number of fused-ring (bicyclic) bond motifs is 1. The number of benzene rings is 1. The molecular weight excluding hydrogens is 278 g/mol. The molecule has 0 spiro atoms. The summed E-state index contributed by atoms with van der Waals surface area (Å²) in [5.74, 6) is 1.08. The number of carbonyl (C=O) groups is 1.